The Kier molecular flexibility index (Phi) is 5.47. The number of anilines is 2. The Morgan fingerprint density at radius 3 is 2.42 bits per heavy atom. The summed E-state index contributed by atoms with van der Waals surface area (Å²) in [5, 5.41) is 2.56. The quantitative estimate of drug-likeness (QED) is 0.853. The molecule has 24 heavy (non-hydrogen) atoms. The highest BCUT2D eigenvalue weighted by molar-refractivity contribution is 7.90. The van der Waals surface area contributed by atoms with Crippen molar-refractivity contribution in [1.82, 2.24) is 9.29 Å². The van der Waals surface area contributed by atoms with Gasteiger partial charge in [0.1, 0.15) is 12.4 Å². The van der Waals surface area contributed by atoms with Crippen molar-refractivity contribution in [3.8, 4) is 0 Å². The van der Waals surface area contributed by atoms with Gasteiger partial charge in [-0.05, 0) is 36.4 Å². The average molecular weight is 352 g/mol. The Balaban J connectivity index is 2.26. The van der Waals surface area contributed by atoms with Gasteiger partial charge in [0.05, 0.1) is 17.6 Å². The van der Waals surface area contributed by atoms with Gasteiger partial charge >= 0.3 is 10.2 Å². The highest BCUT2D eigenvalue weighted by Gasteiger charge is 2.27. The van der Waals surface area contributed by atoms with Crippen molar-refractivity contribution in [2.45, 2.75) is 0 Å². The van der Waals surface area contributed by atoms with Crippen LogP contribution in [0.1, 0.15) is 0 Å². The molecule has 1 aromatic heterocycles. The third kappa shape index (κ3) is 4.27. The Hall–Kier alpha value is -2.52. The van der Waals surface area contributed by atoms with E-state index < -0.39 is 28.5 Å². The predicted molar refractivity (Wildman–Crippen MR) is 89.2 cm³/mol. The Bertz CT molecular complexity index is 795. The lowest BCUT2D eigenvalue weighted by Gasteiger charge is -2.26. The Labute approximate surface area is 139 Å². The van der Waals surface area contributed by atoms with Gasteiger partial charge in [-0.15, -0.1) is 0 Å². The molecule has 0 radical (unpaired) electrons. The zero-order valence-corrected chi connectivity index (χ0v) is 14.0. The Morgan fingerprint density at radius 1 is 1.21 bits per heavy atom. The van der Waals surface area contributed by atoms with Crippen molar-refractivity contribution < 1.29 is 17.6 Å². The molecule has 0 spiro atoms. The zero-order valence-electron chi connectivity index (χ0n) is 13.2. The average Bonchev–Trinajstić information content (AvgIpc) is 2.54. The minimum Gasteiger partial charge on any atom is -0.323 e. The molecule has 0 aliphatic heterocycles. The third-order valence-corrected chi connectivity index (χ3v) is 4.91. The second kappa shape index (κ2) is 7.37. The first kappa shape index (κ1) is 17.8. The smallest absolute Gasteiger partial charge is 0.304 e. The van der Waals surface area contributed by atoms with Gasteiger partial charge in [-0.25, -0.2) is 8.70 Å². The second-order valence-electron chi connectivity index (χ2n) is 5.06. The number of pyridine rings is 1. The van der Waals surface area contributed by atoms with E-state index in [-0.39, 0.29) is 5.69 Å². The van der Waals surface area contributed by atoms with Crippen LogP contribution in [-0.2, 0) is 15.0 Å². The molecule has 9 heteroatoms. The van der Waals surface area contributed by atoms with Gasteiger partial charge < -0.3 is 5.32 Å². The molecule has 7 nitrogen and oxygen atoms in total. The number of rotatable bonds is 6. The maximum atomic E-state index is 13.1. The minimum absolute atomic E-state index is 0.187. The van der Waals surface area contributed by atoms with Crippen LogP contribution in [-0.4, -0.2) is 44.3 Å². The van der Waals surface area contributed by atoms with E-state index in [4.69, 9.17) is 0 Å². The first-order valence-electron chi connectivity index (χ1n) is 6.96. The number of nitrogens with zero attached hydrogens (tertiary/aromatic N) is 3. The van der Waals surface area contributed by atoms with Gasteiger partial charge in [0.15, 0.2) is 0 Å². The second-order valence-corrected chi connectivity index (χ2v) is 7.13. The van der Waals surface area contributed by atoms with Crippen LogP contribution < -0.4 is 9.62 Å². The van der Waals surface area contributed by atoms with E-state index in [1.807, 2.05) is 0 Å². The molecule has 0 bridgehead atoms. The van der Waals surface area contributed by atoms with Crippen LogP contribution in [0.5, 0.6) is 0 Å². The fourth-order valence-electron chi connectivity index (χ4n) is 1.88. The van der Waals surface area contributed by atoms with E-state index in [1.165, 1.54) is 32.4 Å². The lowest BCUT2D eigenvalue weighted by atomic mass is 10.3. The molecule has 1 amide bonds. The molecule has 0 saturated carbocycles. The molecule has 0 atom stereocenters. The number of carbonyl (C=O) groups excluding carboxylic acids is 1. The molecule has 2 aromatic rings. The highest BCUT2D eigenvalue weighted by atomic mass is 32.2. The standard InChI is InChI=1S/C15H17FN4O3S/c1-19(2)24(22,23)20(14-7-5-12(16)6-8-14)11-15(21)18-13-4-3-9-17-10-13/h3-10H,11H2,1-2H3,(H,18,21). The fourth-order valence-corrected chi connectivity index (χ4v) is 2.94. The normalized spacial score (nSPS) is 11.3. The van der Waals surface area contributed by atoms with Crippen molar-refractivity contribution in [1.29, 1.82) is 0 Å². The summed E-state index contributed by atoms with van der Waals surface area (Å²) in [4.78, 5) is 16.1. The molecule has 0 aliphatic rings. The SMILES string of the molecule is CN(C)S(=O)(=O)N(CC(=O)Nc1cccnc1)c1ccc(F)cc1. The van der Waals surface area contributed by atoms with Gasteiger partial charge in [-0.2, -0.15) is 12.7 Å². The van der Waals surface area contributed by atoms with E-state index in [9.17, 15) is 17.6 Å². The third-order valence-electron chi connectivity index (χ3n) is 3.09. The van der Waals surface area contributed by atoms with E-state index in [0.717, 1.165) is 20.7 Å². The molecule has 2 rings (SSSR count). The van der Waals surface area contributed by atoms with Crippen LogP contribution in [0.15, 0.2) is 48.8 Å². The molecule has 128 valence electrons. The van der Waals surface area contributed by atoms with E-state index in [0.29, 0.717) is 5.69 Å². The summed E-state index contributed by atoms with van der Waals surface area (Å²) in [6, 6.07) is 8.14. The molecule has 0 unspecified atom stereocenters. The van der Waals surface area contributed by atoms with Crippen LogP contribution in [0.4, 0.5) is 15.8 Å². The summed E-state index contributed by atoms with van der Waals surface area (Å²) in [6.07, 6.45) is 3.00. The van der Waals surface area contributed by atoms with Gasteiger partial charge in [-0.3, -0.25) is 9.78 Å². The van der Waals surface area contributed by atoms with Crippen LogP contribution in [0, 0.1) is 5.82 Å². The lowest BCUT2D eigenvalue weighted by Crippen LogP contribution is -2.44. The van der Waals surface area contributed by atoms with Crippen LogP contribution in [0.3, 0.4) is 0 Å². The molecule has 0 aliphatic carbocycles. The van der Waals surface area contributed by atoms with Crippen molar-refractivity contribution in [2.75, 3.05) is 30.3 Å². The van der Waals surface area contributed by atoms with Crippen molar-refractivity contribution in [2.24, 2.45) is 0 Å². The van der Waals surface area contributed by atoms with Crippen LogP contribution >= 0.6 is 0 Å². The summed E-state index contributed by atoms with van der Waals surface area (Å²) in [6.45, 7) is -0.457. The maximum absolute atomic E-state index is 13.1. The largest absolute Gasteiger partial charge is 0.323 e. The van der Waals surface area contributed by atoms with Crippen molar-refractivity contribution >= 4 is 27.5 Å². The molecular weight excluding hydrogens is 335 g/mol. The number of nitrogens with one attached hydrogen (secondary N) is 1. The fraction of sp³-hybridized carbons (Fsp3) is 0.200. The summed E-state index contributed by atoms with van der Waals surface area (Å²) >= 11 is 0. The molecule has 1 N–H and O–H groups in total. The Morgan fingerprint density at radius 2 is 1.88 bits per heavy atom. The van der Waals surface area contributed by atoms with E-state index >= 15 is 0 Å². The number of aromatic nitrogens is 1. The number of carbonyl (C=O) groups is 1. The van der Waals surface area contributed by atoms with E-state index in [2.05, 4.69) is 10.3 Å². The number of hydrogen-bond acceptors (Lipinski definition) is 4. The topological polar surface area (TPSA) is 82.6 Å². The monoisotopic (exact) mass is 352 g/mol. The van der Waals surface area contributed by atoms with Crippen LogP contribution in [0.25, 0.3) is 0 Å². The molecule has 1 heterocycles. The van der Waals surface area contributed by atoms with Gasteiger partial charge in [0.25, 0.3) is 0 Å². The number of hydrogen-bond donors (Lipinski definition) is 1. The molecule has 1 aromatic carbocycles. The van der Waals surface area contributed by atoms with Gasteiger partial charge in [0.2, 0.25) is 5.91 Å². The zero-order chi connectivity index (χ0) is 17.7. The first-order chi connectivity index (χ1) is 11.3. The van der Waals surface area contributed by atoms with Crippen molar-refractivity contribution in [3.63, 3.8) is 0 Å². The van der Waals surface area contributed by atoms with Crippen LogP contribution in [0.2, 0.25) is 0 Å². The van der Waals surface area contributed by atoms with E-state index in [1.54, 1.807) is 18.3 Å². The number of halogens is 1. The summed E-state index contributed by atoms with van der Waals surface area (Å²) in [7, 11) is -1.22. The van der Waals surface area contributed by atoms with Gasteiger partial charge in [-0.1, -0.05) is 0 Å². The number of amides is 1. The predicted octanol–water partition coefficient (Wildman–Crippen LogP) is 1.47. The molecule has 0 fully saturated rings. The van der Waals surface area contributed by atoms with Gasteiger partial charge in [0, 0.05) is 20.3 Å². The minimum atomic E-state index is -3.92. The lowest BCUT2D eigenvalue weighted by molar-refractivity contribution is -0.114. The first-order valence-corrected chi connectivity index (χ1v) is 8.36. The molecular formula is C15H17FN4O3S. The summed E-state index contributed by atoms with van der Waals surface area (Å²) in [5.74, 6) is -1.04. The highest BCUT2D eigenvalue weighted by Crippen LogP contribution is 2.20. The summed E-state index contributed by atoms with van der Waals surface area (Å²) in [5.41, 5.74) is 0.634. The maximum Gasteiger partial charge on any atom is 0.304 e. The van der Waals surface area contributed by atoms with Crippen molar-refractivity contribution in [3.05, 3.63) is 54.6 Å². The summed E-state index contributed by atoms with van der Waals surface area (Å²) < 4.78 is 39.9. The number of benzene rings is 1. The molecule has 0 saturated heterocycles.